The molecule has 0 aliphatic carbocycles. The van der Waals surface area contributed by atoms with Gasteiger partial charge in [0.05, 0.1) is 26.0 Å². The molecule has 0 atom stereocenters. The van der Waals surface area contributed by atoms with Gasteiger partial charge >= 0.3 is 5.97 Å². The summed E-state index contributed by atoms with van der Waals surface area (Å²) in [5.41, 5.74) is 0.833. The number of nitrogens with zero attached hydrogens (tertiary/aromatic N) is 4. The van der Waals surface area contributed by atoms with Crippen LogP contribution >= 0.6 is 0 Å². The minimum absolute atomic E-state index is 0.0445. The smallest absolute Gasteiger partial charge is 0.360 e. The summed E-state index contributed by atoms with van der Waals surface area (Å²) in [5, 5.41) is 7.77. The van der Waals surface area contributed by atoms with E-state index in [0.29, 0.717) is 38.4 Å². The second kappa shape index (κ2) is 7.16. The van der Waals surface area contributed by atoms with Crippen molar-refractivity contribution in [2.75, 3.05) is 33.4 Å². The summed E-state index contributed by atoms with van der Waals surface area (Å²) in [6.45, 7) is 4.35. The van der Waals surface area contributed by atoms with Crippen molar-refractivity contribution in [1.29, 1.82) is 0 Å². The van der Waals surface area contributed by atoms with Crippen LogP contribution in [-0.4, -0.2) is 65.2 Å². The maximum atomic E-state index is 12.2. The Kier molecular flexibility index (Phi) is 5.26. The van der Waals surface area contributed by atoms with Crippen LogP contribution in [0.5, 0.6) is 0 Å². The minimum atomic E-state index is -0.525. The van der Waals surface area contributed by atoms with Gasteiger partial charge in [-0.05, 0) is 6.42 Å². The van der Waals surface area contributed by atoms with Crippen molar-refractivity contribution < 1.29 is 19.1 Å². The lowest BCUT2D eigenvalue weighted by atomic mass is 10.2. The molecule has 0 unspecified atom stereocenters. The van der Waals surface area contributed by atoms with Crippen LogP contribution in [0.1, 0.15) is 29.5 Å². The average molecular weight is 296 g/mol. The third-order valence-electron chi connectivity index (χ3n) is 3.35. The average Bonchev–Trinajstić information content (AvgIpc) is 2.90. The van der Waals surface area contributed by atoms with Gasteiger partial charge in [-0.25, -0.2) is 9.48 Å². The molecule has 0 radical (unpaired) electrons. The summed E-state index contributed by atoms with van der Waals surface area (Å²) in [6.07, 6.45) is 1.44. The van der Waals surface area contributed by atoms with E-state index in [-0.39, 0.29) is 18.1 Å². The van der Waals surface area contributed by atoms with E-state index in [1.54, 1.807) is 4.90 Å². The van der Waals surface area contributed by atoms with Crippen LogP contribution in [0.2, 0.25) is 0 Å². The van der Waals surface area contributed by atoms with Gasteiger partial charge in [-0.1, -0.05) is 18.6 Å². The third-order valence-corrected chi connectivity index (χ3v) is 3.35. The van der Waals surface area contributed by atoms with Crippen molar-refractivity contribution in [2.45, 2.75) is 26.3 Å². The van der Waals surface area contributed by atoms with Crippen molar-refractivity contribution in [3.05, 3.63) is 11.4 Å². The van der Waals surface area contributed by atoms with Gasteiger partial charge in [0.2, 0.25) is 5.91 Å². The molecule has 1 fully saturated rings. The molecular formula is C13H20N4O4. The van der Waals surface area contributed by atoms with E-state index in [1.807, 2.05) is 6.92 Å². The molecule has 1 aromatic heterocycles. The Bertz CT molecular complexity index is 508. The largest absolute Gasteiger partial charge is 0.464 e. The summed E-state index contributed by atoms with van der Waals surface area (Å²) in [6, 6.07) is 0. The van der Waals surface area contributed by atoms with Gasteiger partial charge in [0, 0.05) is 13.1 Å². The van der Waals surface area contributed by atoms with Crippen molar-refractivity contribution in [2.24, 2.45) is 0 Å². The second-order valence-corrected chi connectivity index (χ2v) is 4.78. The molecule has 1 saturated heterocycles. The number of amides is 1. The highest BCUT2D eigenvalue weighted by molar-refractivity contribution is 5.88. The van der Waals surface area contributed by atoms with Gasteiger partial charge in [0.1, 0.15) is 6.54 Å². The predicted molar refractivity (Wildman–Crippen MR) is 72.8 cm³/mol. The number of rotatable bonds is 5. The van der Waals surface area contributed by atoms with E-state index in [9.17, 15) is 9.59 Å². The summed E-state index contributed by atoms with van der Waals surface area (Å²) in [5.74, 6) is -0.569. The molecule has 1 amide bonds. The number of esters is 1. The standard InChI is InChI=1S/C13H20N4O4/c1-3-4-10-12(13(19)20-2)14-15-17(10)9-11(18)16-5-7-21-8-6-16/h3-9H2,1-2H3. The Balaban J connectivity index is 2.13. The maximum Gasteiger partial charge on any atom is 0.360 e. The van der Waals surface area contributed by atoms with Crippen LogP contribution in [0, 0.1) is 0 Å². The van der Waals surface area contributed by atoms with Crippen molar-refractivity contribution in [3.8, 4) is 0 Å². The van der Waals surface area contributed by atoms with Gasteiger partial charge in [-0.2, -0.15) is 0 Å². The molecule has 2 rings (SSSR count). The zero-order chi connectivity index (χ0) is 15.2. The summed E-state index contributed by atoms with van der Waals surface area (Å²) >= 11 is 0. The number of ether oxygens (including phenoxy) is 2. The molecule has 1 aromatic rings. The third kappa shape index (κ3) is 3.57. The number of methoxy groups -OCH3 is 1. The molecule has 0 bridgehead atoms. The van der Waals surface area contributed by atoms with Gasteiger partial charge in [-0.3, -0.25) is 4.79 Å². The van der Waals surface area contributed by atoms with Crippen LogP contribution in [0.4, 0.5) is 0 Å². The Morgan fingerprint density at radius 1 is 1.33 bits per heavy atom. The van der Waals surface area contributed by atoms with Crippen LogP contribution in [0.25, 0.3) is 0 Å². The number of morpholine rings is 1. The summed E-state index contributed by atoms with van der Waals surface area (Å²) < 4.78 is 11.4. The fourth-order valence-corrected chi connectivity index (χ4v) is 2.24. The molecule has 0 aromatic carbocycles. The zero-order valence-electron chi connectivity index (χ0n) is 12.4. The molecule has 116 valence electrons. The number of aromatic nitrogens is 3. The molecule has 0 spiro atoms. The van der Waals surface area contributed by atoms with Crippen LogP contribution in [0.15, 0.2) is 0 Å². The first-order chi connectivity index (χ1) is 10.2. The lowest BCUT2D eigenvalue weighted by molar-refractivity contribution is -0.136. The normalized spacial score (nSPS) is 15.0. The first kappa shape index (κ1) is 15.4. The van der Waals surface area contributed by atoms with Crippen LogP contribution < -0.4 is 0 Å². The number of hydrogen-bond donors (Lipinski definition) is 0. The quantitative estimate of drug-likeness (QED) is 0.704. The van der Waals surface area contributed by atoms with E-state index < -0.39 is 5.97 Å². The van der Waals surface area contributed by atoms with Crippen LogP contribution in [-0.2, 0) is 27.2 Å². The molecule has 8 heteroatoms. The highest BCUT2D eigenvalue weighted by Gasteiger charge is 2.23. The molecule has 21 heavy (non-hydrogen) atoms. The van der Waals surface area contributed by atoms with E-state index in [1.165, 1.54) is 11.8 Å². The molecule has 8 nitrogen and oxygen atoms in total. The number of carbonyl (C=O) groups is 2. The highest BCUT2D eigenvalue weighted by Crippen LogP contribution is 2.11. The lowest BCUT2D eigenvalue weighted by Gasteiger charge is -2.26. The lowest BCUT2D eigenvalue weighted by Crippen LogP contribution is -2.42. The van der Waals surface area contributed by atoms with Crippen molar-refractivity contribution in [1.82, 2.24) is 19.9 Å². The topological polar surface area (TPSA) is 86.5 Å². The van der Waals surface area contributed by atoms with E-state index in [4.69, 9.17) is 9.47 Å². The predicted octanol–water partition coefficient (Wildman–Crippen LogP) is -0.124. The van der Waals surface area contributed by atoms with Gasteiger partial charge in [0.25, 0.3) is 0 Å². The molecule has 0 N–H and O–H groups in total. The van der Waals surface area contributed by atoms with E-state index in [2.05, 4.69) is 10.3 Å². The van der Waals surface area contributed by atoms with Crippen molar-refractivity contribution in [3.63, 3.8) is 0 Å². The number of hydrogen-bond acceptors (Lipinski definition) is 6. The van der Waals surface area contributed by atoms with Gasteiger partial charge in [0.15, 0.2) is 5.69 Å². The second-order valence-electron chi connectivity index (χ2n) is 4.78. The van der Waals surface area contributed by atoms with Crippen molar-refractivity contribution >= 4 is 11.9 Å². The fourth-order valence-electron chi connectivity index (χ4n) is 2.24. The van der Waals surface area contributed by atoms with E-state index >= 15 is 0 Å². The first-order valence-corrected chi connectivity index (χ1v) is 7.03. The zero-order valence-corrected chi connectivity index (χ0v) is 12.4. The van der Waals surface area contributed by atoms with Crippen LogP contribution in [0.3, 0.4) is 0 Å². The monoisotopic (exact) mass is 296 g/mol. The molecular weight excluding hydrogens is 276 g/mol. The summed E-state index contributed by atoms with van der Waals surface area (Å²) in [4.78, 5) is 25.6. The molecule has 2 heterocycles. The summed E-state index contributed by atoms with van der Waals surface area (Å²) in [7, 11) is 1.30. The first-order valence-electron chi connectivity index (χ1n) is 7.03. The fraction of sp³-hybridized carbons (Fsp3) is 0.692. The Morgan fingerprint density at radius 2 is 2.05 bits per heavy atom. The van der Waals surface area contributed by atoms with E-state index in [0.717, 1.165) is 6.42 Å². The molecule has 1 aliphatic heterocycles. The molecule has 0 saturated carbocycles. The maximum absolute atomic E-state index is 12.2. The highest BCUT2D eigenvalue weighted by atomic mass is 16.5. The van der Waals surface area contributed by atoms with Gasteiger partial charge in [-0.15, -0.1) is 5.10 Å². The number of carbonyl (C=O) groups excluding carboxylic acids is 2. The Morgan fingerprint density at radius 3 is 2.67 bits per heavy atom. The van der Waals surface area contributed by atoms with Gasteiger partial charge < -0.3 is 14.4 Å². The SMILES string of the molecule is CCCc1c(C(=O)OC)nnn1CC(=O)N1CCOCC1. The Labute approximate surface area is 123 Å². The Hall–Kier alpha value is -1.96. The molecule has 1 aliphatic rings. The minimum Gasteiger partial charge on any atom is -0.464 e.